The van der Waals surface area contributed by atoms with Crippen molar-refractivity contribution in [1.29, 1.82) is 0 Å². The summed E-state index contributed by atoms with van der Waals surface area (Å²) < 4.78 is 0. The third-order valence-electron chi connectivity index (χ3n) is 3.95. The minimum absolute atomic E-state index is 0.176. The van der Waals surface area contributed by atoms with E-state index in [1.54, 1.807) is 0 Å². The lowest BCUT2D eigenvalue weighted by molar-refractivity contribution is -0.138. The molecular formula is C14H28N2O. The zero-order valence-corrected chi connectivity index (χ0v) is 11.6. The van der Waals surface area contributed by atoms with E-state index in [4.69, 9.17) is 5.73 Å². The number of hydrogen-bond donors (Lipinski definition) is 1. The zero-order chi connectivity index (χ0) is 12.8. The van der Waals surface area contributed by atoms with Crippen molar-refractivity contribution in [3.63, 3.8) is 0 Å². The summed E-state index contributed by atoms with van der Waals surface area (Å²) in [6, 6.07) is 0.791. The van der Waals surface area contributed by atoms with Gasteiger partial charge in [0.15, 0.2) is 0 Å². The first-order valence-corrected chi connectivity index (χ1v) is 7.16. The van der Waals surface area contributed by atoms with Crippen molar-refractivity contribution >= 4 is 5.91 Å². The molecule has 0 bridgehead atoms. The van der Waals surface area contributed by atoms with E-state index in [1.807, 2.05) is 0 Å². The van der Waals surface area contributed by atoms with Crippen LogP contribution in [0.3, 0.4) is 0 Å². The highest BCUT2D eigenvalue weighted by molar-refractivity contribution is 5.78. The van der Waals surface area contributed by atoms with Gasteiger partial charge in [-0.05, 0) is 39.0 Å². The lowest BCUT2D eigenvalue weighted by Gasteiger charge is -2.36. The van der Waals surface area contributed by atoms with Crippen LogP contribution in [0.5, 0.6) is 0 Å². The summed E-state index contributed by atoms with van der Waals surface area (Å²) >= 11 is 0. The quantitative estimate of drug-likeness (QED) is 0.802. The van der Waals surface area contributed by atoms with Gasteiger partial charge in [0, 0.05) is 24.5 Å². The van der Waals surface area contributed by atoms with Crippen molar-refractivity contribution in [3.05, 3.63) is 0 Å². The molecule has 0 heterocycles. The predicted molar refractivity (Wildman–Crippen MR) is 71.7 cm³/mol. The van der Waals surface area contributed by atoms with Gasteiger partial charge in [0.25, 0.3) is 0 Å². The molecule has 1 saturated carbocycles. The molecule has 100 valence electrons. The Labute approximate surface area is 106 Å². The molecule has 0 radical (unpaired) electrons. The molecule has 1 aliphatic carbocycles. The number of carbonyl (C=O) groups is 1. The van der Waals surface area contributed by atoms with Crippen LogP contribution in [0, 0.1) is 5.92 Å². The third kappa shape index (κ3) is 3.98. The Kier molecular flexibility index (Phi) is 5.96. The number of nitrogens with zero attached hydrogens (tertiary/aromatic N) is 1. The fourth-order valence-electron chi connectivity index (χ4n) is 2.85. The smallest absolute Gasteiger partial charge is 0.225 e. The Hall–Kier alpha value is -0.570. The molecule has 1 rings (SSSR count). The van der Waals surface area contributed by atoms with Crippen molar-refractivity contribution in [3.8, 4) is 0 Å². The van der Waals surface area contributed by atoms with Crippen LogP contribution >= 0.6 is 0 Å². The molecule has 0 saturated heterocycles. The highest BCUT2D eigenvalue weighted by atomic mass is 16.2. The van der Waals surface area contributed by atoms with E-state index < -0.39 is 0 Å². The molecule has 0 aromatic carbocycles. The highest BCUT2D eigenvalue weighted by Crippen LogP contribution is 2.24. The lowest BCUT2D eigenvalue weighted by atomic mass is 9.90. The van der Waals surface area contributed by atoms with E-state index in [9.17, 15) is 4.79 Å². The molecule has 1 aliphatic rings. The Bertz CT molecular complexity index is 234. The molecular weight excluding hydrogens is 212 g/mol. The molecule has 1 atom stereocenters. The van der Waals surface area contributed by atoms with Crippen LogP contribution in [0.2, 0.25) is 0 Å². The number of nitrogens with two attached hydrogens (primary N) is 1. The average Bonchev–Trinajstić information content (AvgIpc) is 2.32. The van der Waals surface area contributed by atoms with E-state index in [2.05, 4.69) is 25.7 Å². The van der Waals surface area contributed by atoms with Crippen LogP contribution in [0.15, 0.2) is 0 Å². The van der Waals surface area contributed by atoms with Crippen LogP contribution in [0.25, 0.3) is 0 Å². The highest BCUT2D eigenvalue weighted by Gasteiger charge is 2.28. The molecule has 0 aliphatic heterocycles. The van der Waals surface area contributed by atoms with Crippen LogP contribution in [-0.2, 0) is 4.79 Å². The molecule has 0 aromatic heterocycles. The molecule has 0 spiro atoms. The molecule has 17 heavy (non-hydrogen) atoms. The SMILES string of the molecule is CCCC(C)C(=O)N(CC)C1CCC(N)CC1. The first-order chi connectivity index (χ1) is 8.10. The summed E-state index contributed by atoms with van der Waals surface area (Å²) in [6.07, 6.45) is 6.38. The van der Waals surface area contributed by atoms with Crippen molar-refractivity contribution in [2.24, 2.45) is 11.7 Å². The standard InChI is InChI=1S/C14H28N2O/c1-4-6-11(3)14(17)16(5-2)13-9-7-12(15)8-10-13/h11-13H,4-10,15H2,1-3H3. The number of hydrogen-bond acceptors (Lipinski definition) is 2. The third-order valence-corrected chi connectivity index (χ3v) is 3.95. The van der Waals surface area contributed by atoms with Gasteiger partial charge in [-0.2, -0.15) is 0 Å². The van der Waals surface area contributed by atoms with Gasteiger partial charge >= 0.3 is 0 Å². The van der Waals surface area contributed by atoms with Crippen LogP contribution < -0.4 is 5.73 Å². The van der Waals surface area contributed by atoms with Crippen molar-refractivity contribution < 1.29 is 4.79 Å². The minimum Gasteiger partial charge on any atom is -0.340 e. The lowest BCUT2D eigenvalue weighted by Crippen LogP contribution is -2.46. The molecule has 2 N–H and O–H groups in total. The van der Waals surface area contributed by atoms with E-state index in [-0.39, 0.29) is 5.92 Å². The van der Waals surface area contributed by atoms with E-state index in [0.29, 0.717) is 18.0 Å². The molecule has 3 nitrogen and oxygen atoms in total. The Morgan fingerprint density at radius 3 is 2.35 bits per heavy atom. The van der Waals surface area contributed by atoms with Gasteiger partial charge in [-0.3, -0.25) is 4.79 Å². The second-order valence-electron chi connectivity index (χ2n) is 5.38. The Morgan fingerprint density at radius 1 is 1.29 bits per heavy atom. The van der Waals surface area contributed by atoms with E-state index in [0.717, 1.165) is 45.1 Å². The summed E-state index contributed by atoms with van der Waals surface area (Å²) in [5.74, 6) is 0.519. The summed E-state index contributed by atoms with van der Waals surface area (Å²) in [6.45, 7) is 7.13. The largest absolute Gasteiger partial charge is 0.340 e. The maximum absolute atomic E-state index is 12.3. The van der Waals surface area contributed by atoms with Crippen molar-refractivity contribution in [2.45, 2.75) is 71.4 Å². The summed E-state index contributed by atoms with van der Waals surface area (Å²) in [4.78, 5) is 14.4. The summed E-state index contributed by atoms with van der Waals surface area (Å²) in [7, 11) is 0. The molecule has 1 amide bonds. The van der Waals surface area contributed by atoms with Gasteiger partial charge in [0.2, 0.25) is 5.91 Å². The van der Waals surface area contributed by atoms with Crippen molar-refractivity contribution in [1.82, 2.24) is 4.90 Å². The maximum Gasteiger partial charge on any atom is 0.225 e. The van der Waals surface area contributed by atoms with E-state index in [1.165, 1.54) is 0 Å². The Morgan fingerprint density at radius 2 is 1.88 bits per heavy atom. The molecule has 3 heteroatoms. The fraction of sp³-hybridized carbons (Fsp3) is 0.929. The molecule has 1 fully saturated rings. The fourth-order valence-corrected chi connectivity index (χ4v) is 2.85. The van der Waals surface area contributed by atoms with Gasteiger partial charge < -0.3 is 10.6 Å². The average molecular weight is 240 g/mol. The van der Waals surface area contributed by atoms with Gasteiger partial charge in [-0.25, -0.2) is 0 Å². The predicted octanol–water partition coefficient (Wildman–Crippen LogP) is 2.54. The Balaban J connectivity index is 2.55. The van der Waals surface area contributed by atoms with Crippen LogP contribution in [-0.4, -0.2) is 29.4 Å². The molecule has 0 aromatic rings. The summed E-state index contributed by atoms with van der Waals surface area (Å²) in [5, 5.41) is 0. The molecule has 1 unspecified atom stereocenters. The minimum atomic E-state index is 0.176. The van der Waals surface area contributed by atoms with Gasteiger partial charge in [-0.15, -0.1) is 0 Å². The number of amides is 1. The van der Waals surface area contributed by atoms with Crippen LogP contribution in [0.1, 0.15) is 59.3 Å². The van der Waals surface area contributed by atoms with Gasteiger partial charge in [0.1, 0.15) is 0 Å². The summed E-state index contributed by atoms with van der Waals surface area (Å²) in [5.41, 5.74) is 5.92. The van der Waals surface area contributed by atoms with Gasteiger partial charge in [0.05, 0.1) is 0 Å². The first-order valence-electron chi connectivity index (χ1n) is 7.16. The number of rotatable bonds is 5. The second-order valence-corrected chi connectivity index (χ2v) is 5.38. The topological polar surface area (TPSA) is 46.3 Å². The maximum atomic E-state index is 12.3. The van der Waals surface area contributed by atoms with Gasteiger partial charge in [-0.1, -0.05) is 20.3 Å². The monoisotopic (exact) mass is 240 g/mol. The first kappa shape index (κ1) is 14.5. The van der Waals surface area contributed by atoms with E-state index >= 15 is 0 Å². The number of carbonyl (C=O) groups excluding carboxylic acids is 1. The van der Waals surface area contributed by atoms with Crippen LogP contribution in [0.4, 0.5) is 0 Å². The normalized spacial score (nSPS) is 26.6. The van der Waals surface area contributed by atoms with Crippen molar-refractivity contribution in [2.75, 3.05) is 6.54 Å². The second kappa shape index (κ2) is 7.00. The zero-order valence-electron chi connectivity index (χ0n) is 11.6.